The first kappa shape index (κ1) is 12.4. The zero-order valence-corrected chi connectivity index (χ0v) is 11.3. The second-order valence-corrected chi connectivity index (χ2v) is 4.64. The van der Waals surface area contributed by atoms with E-state index in [1.54, 1.807) is 23.0 Å². The summed E-state index contributed by atoms with van der Waals surface area (Å²) in [6.45, 7) is 2.01. The number of H-pyrrole nitrogens is 1. The van der Waals surface area contributed by atoms with Crippen LogP contribution in [0.2, 0.25) is 0 Å². The highest BCUT2D eigenvalue weighted by Crippen LogP contribution is 2.17. The molecule has 0 aliphatic carbocycles. The minimum Gasteiger partial charge on any atom is -0.319 e. The van der Waals surface area contributed by atoms with Gasteiger partial charge >= 0.3 is 0 Å². The van der Waals surface area contributed by atoms with Crippen LogP contribution < -0.4 is 5.32 Å². The molecule has 0 aliphatic heterocycles. The minimum atomic E-state index is -0.149. The highest BCUT2D eigenvalue weighted by molar-refractivity contribution is 6.06. The molecule has 0 bridgehead atoms. The van der Waals surface area contributed by atoms with Gasteiger partial charge in [0.25, 0.3) is 5.91 Å². The van der Waals surface area contributed by atoms with E-state index in [4.69, 9.17) is 0 Å². The molecule has 0 spiro atoms. The Bertz CT molecular complexity index is 771. The van der Waals surface area contributed by atoms with E-state index in [9.17, 15) is 4.79 Å². The standard InChI is InChI=1S/C14H15N5O/c1-3-11-13(8-19(2)18-11)16-14(20)9-4-5-10-7-15-17-12(10)6-9/h4-8H,3H2,1-2H3,(H,15,17)(H,16,20). The molecule has 3 rings (SSSR count). The average molecular weight is 269 g/mol. The molecule has 6 heteroatoms. The lowest BCUT2D eigenvalue weighted by Gasteiger charge is -2.04. The molecule has 1 aromatic carbocycles. The van der Waals surface area contributed by atoms with Gasteiger partial charge < -0.3 is 5.32 Å². The number of anilines is 1. The third-order valence-electron chi connectivity index (χ3n) is 3.19. The summed E-state index contributed by atoms with van der Waals surface area (Å²) >= 11 is 0. The summed E-state index contributed by atoms with van der Waals surface area (Å²) in [6.07, 6.45) is 4.31. The average Bonchev–Trinajstić information content (AvgIpc) is 3.03. The Labute approximate surface area is 115 Å². The summed E-state index contributed by atoms with van der Waals surface area (Å²) in [5, 5.41) is 15.0. The maximum absolute atomic E-state index is 12.3. The molecule has 3 aromatic rings. The summed E-state index contributed by atoms with van der Waals surface area (Å²) < 4.78 is 1.70. The molecule has 2 heterocycles. The number of hydrogen-bond acceptors (Lipinski definition) is 3. The molecule has 0 fully saturated rings. The van der Waals surface area contributed by atoms with E-state index in [2.05, 4.69) is 20.6 Å². The molecule has 1 amide bonds. The summed E-state index contributed by atoms with van der Waals surface area (Å²) in [6, 6.07) is 5.45. The quantitative estimate of drug-likeness (QED) is 0.764. The van der Waals surface area contributed by atoms with Gasteiger partial charge in [-0.2, -0.15) is 10.2 Å². The van der Waals surface area contributed by atoms with Crippen molar-refractivity contribution in [3.05, 3.63) is 41.9 Å². The van der Waals surface area contributed by atoms with Gasteiger partial charge in [0.15, 0.2) is 0 Å². The van der Waals surface area contributed by atoms with Gasteiger partial charge in [-0.1, -0.05) is 13.0 Å². The van der Waals surface area contributed by atoms with Gasteiger partial charge in [0.1, 0.15) is 0 Å². The van der Waals surface area contributed by atoms with Crippen LogP contribution in [0.4, 0.5) is 5.69 Å². The topological polar surface area (TPSA) is 75.6 Å². The lowest BCUT2D eigenvalue weighted by Crippen LogP contribution is -2.12. The van der Waals surface area contributed by atoms with Crippen molar-refractivity contribution < 1.29 is 4.79 Å². The number of nitrogens with zero attached hydrogens (tertiary/aromatic N) is 3. The Morgan fingerprint density at radius 3 is 3.10 bits per heavy atom. The maximum Gasteiger partial charge on any atom is 0.255 e. The first-order chi connectivity index (χ1) is 9.67. The Kier molecular flexibility index (Phi) is 2.98. The molecule has 0 saturated heterocycles. The number of carbonyl (C=O) groups excluding carboxylic acids is 1. The Hall–Kier alpha value is -2.63. The smallest absolute Gasteiger partial charge is 0.255 e. The van der Waals surface area contributed by atoms with Gasteiger partial charge in [0.05, 0.1) is 23.1 Å². The lowest BCUT2D eigenvalue weighted by atomic mass is 10.1. The molecule has 20 heavy (non-hydrogen) atoms. The van der Waals surface area contributed by atoms with Crippen LogP contribution >= 0.6 is 0 Å². The highest BCUT2D eigenvalue weighted by atomic mass is 16.1. The monoisotopic (exact) mass is 269 g/mol. The Balaban J connectivity index is 1.88. The van der Waals surface area contributed by atoms with Crippen molar-refractivity contribution in [1.29, 1.82) is 0 Å². The number of aryl methyl sites for hydroxylation is 2. The van der Waals surface area contributed by atoms with E-state index in [0.29, 0.717) is 5.56 Å². The second-order valence-electron chi connectivity index (χ2n) is 4.64. The molecule has 0 aliphatic rings. The van der Waals surface area contributed by atoms with Crippen LogP contribution in [0.3, 0.4) is 0 Å². The molecule has 2 N–H and O–H groups in total. The van der Waals surface area contributed by atoms with Crippen LogP contribution in [0.25, 0.3) is 10.9 Å². The fraction of sp³-hybridized carbons (Fsp3) is 0.214. The summed E-state index contributed by atoms with van der Waals surface area (Å²) in [4.78, 5) is 12.3. The molecule has 6 nitrogen and oxygen atoms in total. The van der Waals surface area contributed by atoms with Gasteiger partial charge in [-0.05, 0) is 18.6 Å². The number of aromatic amines is 1. The first-order valence-electron chi connectivity index (χ1n) is 6.44. The number of nitrogens with one attached hydrogen (secondary N) is 2. The lowest BCUT2D eigenvalue weighted by molar-refractivity contribution is 0.102. The number of fused-ring (bicyclic) bond motifs is 1. The van der Waals surface area contributed by atoms with E-state index < -0.39 is 0 Å². The van der Waals surface area contributed by atoms with Crippen molar-refractivity contribution in [3.8, 4) is 0 Å². The number of amides is 1. The maximum atomic E-state index is 12.3. The van der Waals surface area contributed by atoms with E-state index >= 15 is 0 Å². The second kappa shape index (κ2) is 4.80. The molecule has 102 valence electrons. The number of carbonyl (C=O) groups is 1. The van der Waals surface area contributed by atoms with Crippen LogP contribution in [0.15, 0.2) is 30.6 Å². The fourth-order valence-electron chi connectivity index (χ4n) is 2.17. The van der Waals surface area contributed by atoms with Crippen molar-refractivity contribution in [2.45, 2.75) is 13.3 Å². The van der Waals surface area contributed by atoms with Gasteiger partial charge in [-0.25, -0.2) is 0 Å². The Morgan fingerprint density at radius 2 is 2.30 bits per heavy atom. The molecule has 0 unspecified atom stereocenters. The first-order valence-corrected chi connectivity index (χ1v) is 6.44. The third kappa shape index (κ3) is 2.16. The normalized spacial score (nSPS) is 10.9. The number of hydrogen-bond donors (Lipinski definition) is 2. The van der Waals surface area contributed by atoms with Gasteiger partial charge in [-0.15, -0.1) is 0 Å². The molecule has 0 saturated carbocycles. The molecule has 2 aromatic heterocycles. The van der Waals surface area contributed by atoms with Crippen LogP contribution in [-0.2, 0) is 13.5 Å². The largest absolute Gasteiger partial charge is 0.319 e. The van der Waals surface area contributed by atoms with E-state index in [-0.39, 0.29) is 5.91 Å². The van der Waals surface area contributed by atoms with Crippen molar-refractivity contribution >= 4 is 22.5 Å². The zero-order valence-electron chi connectivity index (χ0n) is 11.3. The van der Waals surface area contributed by atoms with Crippen LogP contribution in [0.1, 0.15) is 23.0 Å². The van der Waals surface area contributed by atoms with Gasteiger partial charge in [0, 0.05) is 24.2 Å². The minimum absolute atomic E-state index is 0.149. The van der Waals surface area contributed by atoms with Gasteiger partial charge in [0.2, 0.25) is 0 Å². The Morgan fingerprint density at radius 1 is 1.45 bits per heavy atom. The number of benzene rings is 1. The SMILES string of the molecule is CCc1nn(C)cc1NC(=O)c1ccc2cn[nH]c2c1. The molecular weight excluding hydrogens is 254 g/mol. The van der Waals surface area contributed by atoms with Gasteiger partial charge in [-0.3, -0.25) is 14.6 Å². The summed E-state index contributed by atoms with van der Waals surface area (Å²) in [5.74, 6) is -0.149. The van der Waals surface area contributed by atoms with Crippen LogP contribution in [0, 0.1) is 0 Å². The molecule has 0 atom stereocenters. The fourth-order valence-corrected chi connectivity index (χ4v) is 2.17. The predicted molar refractivity (Wildman–Crippen MR) is 76.6 cm³/mol. The number of aromatic nitrogens is 4. The summed E-state index contributed by atoms with van der Waals surface area (Å²) in [5.41, 5.74) is 3.07. The summed E-state index contributed by atoms with van der Waals surface area (Å²) in [7, 11) is 1.84. The number of rotatable bonds is 3. The molecular formula is C14H15N5O. The van der Waals surface area contributed by atoms with E-state index in [1.807, 2.05) is 26.2 Å². The van der Waals surface area contributed by atoms with Crippen LogP contribution in [0.5, 0.6) is 0 Å². The predicted octanol–water partition coefficient (Wildman–Crippen LogP) is 2.11. The molecule has 0 radical (unpaired) electrons. The van der Waals surface area contributed by atoms with Crippen molar-refractivity contribution in [2.24, 2.45) is 7.05 Å². The van der Waals surface area contributed by atoms with Crippen molar-refractivity contribution in [2.75, 3.05) is 5.32 Å². The highest BCUT2D eigenvalue weighted by Gasteiger charge is 2.12. The van der Waals surface area contributed by atoms with E-state index in [1.165, 1.54) is 0 Å². The van der Waals surface area contributed by atoms with Crippen LogP contribution in [-0.4, -0.2) is 25.9 Å². The van der Waals surface area contributed by atoms with E-state index in [0.717, 1.165) is 28.7 Å². The van der Waals surface area contributed by atoms with Crippen molar-refractivity contribution in [1.82, 2.24) is 20.0 Å². The third-order valence-corrected chi connectivity index (χ3v) is 3.19. The van der Waals surface area contributed by atoms with Crippen molar-refractivity contribution in [3.63, 3.8) is 0 Å². The zero-order chi connectivity index (χ0) is 14.1.